The molecule has 2 heterocycles. The first kappa shape index (κ1) is 14.4. The molecular weight excluding hydrogens is 278 g/mol. The van der Waals surface area contributed by atoms with Crippen molar-refractivity contribution in [1.82, 2.24) is 10.3 Å². The highest BCUT2D eigenvalue weighted by molar-refractivity contribution is 5.94. The van der Waals surface area contributed by atoms with E-state index in [0.29, 0.717) is 12.1 Å². The Labute approximate surface area is 129 Å². The molecule has 0 radical (unpaired) electrons. The lowest BCUT2D eigenvalue weighted by Crippen LogP contribution is -2.34. The summed E-state index contributed by atoms with van der Waals surface area (Å²) in [7, 11) is 3.83. The topological polar surface area (TPSA) is 54.5 Å². The monoisotopic (exact) mass is 297 g/mol. The second kappa shape index (κ2) is 6.05. The minimum absolute atomic E-state index is 0.00430. The molecule has 5 nitrogen and oxygen atoms in total. The molecule has 1 amide bonds. The second-order valence-corrected chi connectivity index (χ2v) is 5.56. The first-order valence-electron chi connectivity index (χ1n) is 7.29. The van der Waals surface area contributed by atoms with E-state index in [4.69, 9.17) is 4.74 Å². The average Bonchev–Trinajstić information content (AvgIpc) is 2.95. The van der Waals surface area contributed by atoms with Gasteiger partial charge in [-0.2, -0.15) is 0 Å². The normalized spacial score (nSPS) is 15.8. The number of nitrogens with zero attached hydrogens (tertiary/aromatic N) is 2. The highest BCUT2D eigenvalue weighted by atomic mass is 16.5. The van der Waals surface area contributed by atoms with Crippen molar-refractivity contribution in [3.05, 3.63) is 53.7 Å². The van der Waals surface area contributed by atoms with E-state index in [1.807, 2.05) is 43.3 Å². The highest BCUT2D eigenvalue weighted by Gasteiger charge is 2.22. The van der Waals surface area contributed by atoms with Crippen molar-refractivity contribution in [3.8, 4) is 5.75 Å². The predicted molar refractivity (Wildman–Crippen MR) is 85.5 cm³/mol. The van der Waals surface area contributed by atoms with Crippen molar-refractivity contribution < 1.29 is 9.53 Å². The number of nitrogens with one attached hydrogen (secondary N) is 1. The number of aromatic nitrogens is 1. The van der Waals surface area contributed by atoms with E-state index in [-0.39, 0.29) is 12.0 Å². The summed E-state index contributed by atoms with van der Waals surface area (Å²) in [5.41, 5.74) is 1.75. The number of rotatable bonds is 4. The van der Waals surface area contributed by atoms with Gasteiger partial charge in [0.15, 0.2) is 0 Å². The molecule has 0 aliphatic carbocycles. The SMILES string of the molecule is CN(C)c1ccc(C(=O)NC[C@H]2Cc3ccccc3O2)cn1. The van der Waals surface area contributed by atoms with E-state index >= 15 is 0 Å². The molecule has 0 spiro atoms. The van der Waals surface area contributed by atoms with Gasteiger partial charge in [0, 0.05) is 26.7 Å². The number of hydrogen-bond donors (Lipinski definition) is 1. The summed E-state index contributed by atoms with van der Waals surface area (Å²) in [5.74, 6) is 1.61. The molecule has 5 heteroatoms. The Morgan fingerprint density at radius 1 is 1.32 bits per heavy atom. The molecule has 0 unspecified atom stereocenters. The molecule has 0 fully saturated rings. The van der Waals surface area contributed by atoms with Gasteiger partial charge in [-0.05, 0) is 23.8 Å². The quantitative estimate of drug-likeness (QED) is 0.936. The molecule has 1 aromatic carbocycles. The van der Waals surface area contributed by atoms with Crippen LogP contribution in [-0.2, 0) is 6.42 Å². The lowest BCUT2D eigenvalue weighted by Gasteiger charge is -2.13. The smallest absolute Gasteiger partial charge is 0.252 e. The van der Waals surface area contributed by atoms with Crippen molar-refractivity contribution in [2.75, 3.05) is 25.5 Å². The van der Waals surface area contributed by atoms with Gasteiger partial charge in [0.25, 0.3) is 5.91 Å². The van der Waals surface area contributed by atoms with E-state index in [1.165, 1.54) is 5.56 Å². The Morgan fingerprint density at radius 2 is 2.14 bits per heavy atom. The van der Waals surface area contributed by atoms with Gasteiger partial charge in [0.05, 0.1) is 12.1 Å². The Balaban J connectivity index is 1.55. The summed E-state index contributed by atoms with van der Waals surface area (Å²) in [6.07, 6.45) is 2.42. The summed E-state index contributed by atoms with van der Waals surface area (Å²) >= 11 is 0. The van der Waals surface area contributed by atoms with Crippen LogP contribution >= 0.6 is 0 Å². The van der Waals surface area contributed by atoms with Crippen molar-refractivity contribution in [3.63, 3.8) is 0 Å². The van der Waals surface area contributed by atoms with Crippen LogP contribution in [0.15, 0.2) is 42.6 Å². The van der Waals surface area contributed by atoms with Gasteiger partial charge in [0.1, 0.15) is 17.7 Å². The minimum atomic E-state index is -0.127. The Hall–Kier alpha value is -2.56. The molecule has 1 atom stereocenters. The molecule has 1 N–H and O–H groups in total. The van der Waals surface area contributed by atoms with Crippen LogP contribution in [0.3, 0.4) is 0 Å². The second-order valence-electron chi connectivity index (χ2n) is 5.56. The lowest BCUT2D eigenvalue weighted by atomic mass is 10.1. The van der Waals surface area contributed by atoms with E-state index < -0.39 is 0 Å². The van der Waals surface area contributed by atoms with Gasteiger partial charge in [-0.25, -0.2) is 4.98 Å². The van der Waals surface area contributed by atoms with Crippen molar-refractivity contribution >= 4 is 11.7 Å². The Bertz CT molecular complexity index is 643. The average molecular weight is 297 g/mol. The first-order chi connectivity index (χ1) is 10.6. The van der Waals surface area contributed by atoms with E-state index in [9.17, 15) is 4.79 Å². The lowest BCUT2D eigenvalue weighted by molar-refractivity contribution is 0.0933. The van der Waals surface area contributed by atoms with Crippen LogP contribution in [0.25, 0.3) is 0 Å². The fourth-order valence-electron chi connectivity index (χ4n) is 2.46. The van der Waals surface area contributed by atoms with Gasteiger partial charge in [-0.3, -0.25) is 4.79 Å². The molecule has 0 bridgehead atoms. The fraction of sp³-hybridized carbons (Fsp3) is 0.294. The number of anilines is 1. The van der Waals surface area contributed by atoms with Gasteiger partial charge >= 0.3 is 0 Å². The summed E-state index contributed by atoms with van der Waals surface area (Å²) in [6, 6.07) is 11.6. The third-order valence-corrected chi connectivity index (χ3v) is 3.67. The Kier molecular flexibility index (Phi) is 3.96. The molecule has 22 heavy (non-hydrogen) atoms. The molecule has 1 aliphatic heterocycles. The highest BCUT2D eigenvalue weighted by Crippen LogP contribution is 2.27. The molecule has 2 aromatic rings. The zero-order chi connectivity index (χ0) is 15.5. The third-order valence-electron chi connectivity index (χ3n) is 3.67. The van der Waals surface area contributed by atoms with Crippen LogP contribution in [0.1, 0.15) is 15.9 Å². The molecule has 1 aromatic heterocycles. The van der Waals surface area contributed by atoms with Gasteiger partial charge in [0.2, 0.25) is 0 Å². The maximum atomic E-state index is 12.1. The van der Waals surface area contributed by atoms with Crippen molar-refractivity contribution in [2.45, 2.75) is 12.5 Å². The number of para-hydroxylation sites is 1. The molecule has 3 rings (SSSR count). The number of amides is 1. The largest absolute Gasteiger partial charge is 0.488 e. The standard InChI is InChI=1S/C17H19N3O2/c1-20(2)16-8-7-13(10-18-16)17(21)19-11-14-9-12-5-3-4-6-15(12)22-14/h3-8,10,14H,9,11H2,1-2H3,(H,19,21)/t14-/m1/s1. The third kappa shape index (κ3) is 3.03. The van der Waals surface area contributed by atoms with Gasteiger partial charge in [-0.15, -0.1) is 0 Å². The maximum Gasteiger partial charge on any atom is 0.252 e. The summed E-state index contributed by atoms with van der Waals surface area (Å²) in [4.78, 5) is 18.3. The van der Waals surface area contributed by atoms with Gasteiger partial charge in [-0.1, -0.05) is 18.2 Å². The minimum Gasteiger partial charge on any atom is -0.488 e. The number of pyridine rings is 1. The summed E-state index contributed by atoms with van der Waals surface area (Å²) in [5, 5.41) is 2.91. The molecule has 0 saturated heterocycles. The van der Waals surface area contributed by atoms with E-state index in [0.717, 1.165) is 18.0 Å². The first-order valence-corrected chi connectivity index (χ1v) is 7.29. The molecular formula is C17H19N3O2. The number of benzene rings is 1. The summed E-state index contributed by atoms with van der Waals surface area (Å²) in [6.45, 7) is 0.489. The van der Waals surface area contributed by atoms with Crippen LogP contribution in [0, 0.1) is 0 Å². The number of carbonyl (C=O) groups excluding carboxylic acids is 1. The molecule has 1 aliphatic rings. The van der Waals surface area contributed by atoms with Crippen LogP contribution < -0.4 is 15.0 Å². The predicted octanol–water partition coefficient (Wildman–Crippen LogP) is 1.88. The zero-order valence-corrected chi connectivity index (χ0v) is 12.7. The summed E-state index contributed by atoms with van der Waals surface area (Å²) < 4.78 is 5.81. The van der Waals surface area contributed by atoms with Crippen LogP contribution in [0.2, 0.25) is 0 Å². The van der Waals surface area contributed by atoms with Gasteiger partial charge < -0.3 is 15.0 Å². The number of carbonyl (C=O) groups is 1. The number of hydrogen-bond acceptors (Lipinski definition) is 4. The van der Waals surface area contributed by atoms with Crippen LogP contribution in [0.4, 0.5) is 5.82 Å². The maximum absolute atomic E-state index is 12.1. The van der Waals surface area contributed by atoms with Crippen LogP contribution in [0.5, 0.6) is 5.75 Å². The van der Waals surface area contributed by atoms with Crippen LogP contribution in [-0.4, -0.2) is 37.6 Å². The van der Waals surface area contributed by atoms with Crippen molar-refractivity contribution in [1.29, 1.82) is 0 Å². The fourth-order valence-corrected chi connectivity index (χ4v) is 2.46. The number of ether oxygens (including phenoxy) is 1. The molecule has 114 valence electrons. The van der Waals surface area contributed by atoms with Crippen molar-refractivity contribution in [2.24, 2.45) is 0 Å². The van der Waals surface area contributed by atoms with E-state index in [2.05, 4.69) is 16.4 Å². The zero-order valence-electron chi connectivity index (χ0n) is 12.7. The number of fused-ring (bicyclic) bond motifs is 1. The Morgan fingerprint density at radius 3 is 2.82 bits per heavy atom. The molecule has 0 saturated carbocycles. The van der Waals surface area contributed by atoms with E-state index in [1.54, 1.807) is 12.3 Å².